The monoisotopic (exact) mass is 258 g/mol. The molecule has 1 heterocycles. The van der Waals surface area contributed by atoms with Crippen LogP contribution in [0.5, 0.6) is 0 Å². The number of nitrogens with zero attached hydrogens (tertiary/aromatic N) is 2. The lowest BCUT2D eigenvalue weighted by atomic mass is 9.86. The number of methoxy groups -OCH3 is 1. The maximum atomic E-state index is 12.4. The fourth-order valence-electron chi connectivity index (χ4n) is 2.42. The van der Waals surface area contributed by atoms with Crippen LogP contribution in [0.3, 0.4) is 0 Å². The van der Waals surface area contributed by atoms with Gasteiger partial charge in [0, 0.05) is 6.20 Å². The first kappa shape index (κ1) is 13.0. The summed E-state index contributed by atoms with van der Waals surface area (Å²) in [7, 11) is 1.39. The second-order valence-corrected chi connectivity index (χ2v) is 4.55. The highest BCUT2D eigenvalue weighted by Gasteiger charge is 2.28. The Hall–Kier alpha value is -1.46. The van der Waals surface area contributed by atoms with Gasteiger partial charge in [-0.25, -0.2) is 8.78 Å². The van der Waals surface area contributed by atoms with E-state index in [-0.39, 0.29) is 23.6 Å². The van der Waals surface area contributed by atoms with Crippen LogP contribution >= 0.6 is 0 Å². The van der Waals surface area contributed by atoms with E-state index in [4.69, 9.17) is 4.74 Å². The molecule has 0 amide bonds. The zero-order chi connectivity index (χ0) is 13.1. The lowest BCUT2D eigenvalue weighted by Gasteiger charge is -2.27. The average molecular weight is 258 g/mol. The lowest BCUT2D eigenvalue weighted by Crippen LogP contribution is -2.24. The molecule has 0 radical (unpaired) electrons. The molecule has 18 heavy (non-hydrogen) atoms. The number of esters is 1. The quantitative estimate of drug-likeness (QED) is 0.783. The molecule has 1 aliphatic carbocycles. The Morgan fingerprint density at radius 3 is 2.61 bits per heavy atom. The van der Waals surface area contributed by atoms with Crippen LogP contribution in [0.25, 0.3) is 0 Å². The molecule has 1 aromatic heterocycles. The molecular formula is C12H16F2N2O2. The third-order valence-electron chi connectivity index (χ3n) is 3.46. The summed E-state index contributed by atoms with van der Waals surface area (Å²) >= 11 is 0. The van der Waals surface area contributed by atoms with Gasteiger partial charge in [0.15, 0.2) is 0 Å². The average Bonchev–Trinajstić information content (AvgIpc) is 2.88. The molecule has 4 nitrogen and oxygen atoms in total. The summed E-state index contributed by atoms with van der Waals surface area (Å²) in [6.45, 7) is 0. The third kappa shape index (κ3) is 2.68. The molecule has 0 aliphatic heterocycles. The van der Waals surface area contributed by atoms with Crippen LogP contribution in [0.1, 0.15) is 43.8 Å². The molecule has 2 rings (SSSR count). The molecule has 1 aliphatic rings. The van der Waals surface area contributed by atoms with Gasteiger partial charge in [-0.3, -0.25) is 9.48 Å². The van der Waals surface area contributed by atoms with E-state index < -0.39 is 6.43 Å². The van der Waals surface area contributed by atoms with Crippen molar-refractivity contribution < 1.29 is 18.3 Å². The molecule has 0 atom stereocenters. The highest BCUT2D eigenvalue weighted by Crippen LogP contribution is 2.32. The van der Waals surface area contributed by atoms with E-state index in [2.05, 4.69) is 5.10 Å². The SMILES string of the molecule is COC(=O)C1CCC(n2ccc(C(F)F)n2)CC1. The van der Waals surface area contributed by atoms with E-state index >= 15 is 0 Å². The van der Waals surface area contributed by atoms with Gasteiger partial charge in [-0.05, 0) is 31.7 Å². The van der Waals surface area contributed by atoms with E-state index in [0.717, 1.165) is 25.7 Å². The zero-order valence-electron chi connectivity index (χ0n) is 10.2. The van der Waals surface area contributed by atoms with Crippen LogP contribution in [-0.4, -0.2) is 22.9 Å². The fraction of sp³-hybridized carbons (Fsp3) is 0.667. The summed E-state index contributed by atoms with van der Waals surface area (Å²) in [6.07, 6.45) is 2.04. The molecule has 100 valence electrons. The van der Waals surface area contributed by atoms with Crippen molar-refractivity contribution in [3.05, 3.63) is 18.0 Å². The van der Waals surface area contributed by atoms with Crippen molar-refractivity contribution in [3.63, 3.8) is 0 Å². The topological polar surface area (TPSA) is 44.1 Å². The predicted octanol–water partition coefficient (Wildman–Crippen LogP) is 2.73. The molecule has 1 aromatic rings. The maximum Gasteiger partial charge on any atom is 0.308 e. The number of aromatic nitrogens is 2. The summed E-state index contributed by atoms with van der Waals surface area (Å²) in [5.74, 6) is -0.237. The highest BCUT2D eigenvalue weighted by atomic mass is 19.3. The van der Waals surface area contributed by atoms with Crippen LogP contribution in [0.15, 0.2) is 12.3 Å². The molecule has 0 unspecified atom stereocenters. The normalized spacial score (nSPS) is 24.2. The Balaban J connectivity index is 1.94. The smallest absolute Gasteiger partial charge is 0.308 e. The Labute approximate surface area is 104 Å². The first-order chi connectivity index (χ1) is 8.61. The first-order valence-electron chi connectivity index (χ1n) is 6.03. The lowest BCUT2D eigenvalue weighted by molar-refractivity contribution is -0.146. The Kier molecular flexibility index (Phi) is 3.93. The van der Waals surface area contributed by atoms with Crippen molar-refractivity contribution in [1.29, 1.82) is 0 Å². The van der Waals surface area contributed by atoms with Crippen LogP contribution in [0.2, 0.25) is 0 Å². The fourth-order valence-corrected chi connectivity index (χ4v) is 2.42. The van der Waals surface area contributed by atoms with Crippen LogP contribution in [0.4, 0.5) is 8.78 Å². The zero-order valence-corrected chi connectivity index (χ0v) is 10.2. The predicted molar refractivity (Wildman–Crippen MR) is 60.2 cm³/mol. The summed E-state index contributed by atoms with van der Waals surface area (Å²) in [5.41, 5.74) is -0.190. The number of ether oxygens (including phenoxy) is 1. The van der Waals surface area contributed by atoms with Crippen LogP contribution in [0, 0.1) is 5.92 Å². The largest absolute Gasteiger partial charge is 0.469 e. The molecule has 1 fully saturated rings. The molecule has 6 heteroatoms. The third-order valence-corrected chi connectivity index (χ3v) is 3.46. The van der Waals surface area contributed by atoms with Crippen molar-refractivity contribution in [2.24, 2.45) is 5.92 Å². The van der Waals surface area contributed by atoms with Crippen molar-refractivity contribution in [1.82, 2.24) is 9.78 Å². The summed E-state index contributed by atoms with van der Waals surface area (Å²) < 4.78 is 31.1. The van der Waals surface area contributed by atoms with Crippen LogP contribution < -0.4 is 0 Å². The number of hydrogen-bond acceptors (Lipinski definition) is 3. The van der Waals surface area contributed by atoms with Crippen molar-refractivity contribution in [2.75, 3.05) is 7.11 Å². The van der Waals surface area contributed by atoms with Gasteiger partial charge in [-0.2, -0.15) is 5.10 Å². The van der Waals surface area contributed by atoms with Crippen molar-refractivity contribution in [2.45, 2.75) is 38.2 Å². The summed E-state index contributed by atoms with van der Waals surface area (Å²) in [4.78, 5) is 11.4. The molecule has 1 saturated carbocycles. The van der Waals surface area contributed by atoms with E-state index in [0.29, 0.717) is 0 Å². The Morgan fingerprint density at radius 2 is 2.11 bits per heavy atom. The number of carbonyl (C=O) groups is 1. The van der Waals surface area contributed by atoms with Gasteiger partial charge in [0.2, 0.25) is 0 Å². The van der Waals surface area contributed by atoms with Crippen LogP contribution in [-0.2, 0) is 9.53 Å². The molecule has 0 aromatic carbocycles. The number of carbonyl (C=O) groups excluding carboxylic acids is 1. The van der Waals surface area contributed by atoms with Gasteiger partial charge >= 0.3 is 5.97 Å². The summed E-state index contributed by atoms with van der Waals surface area (Å²) in [6, 6.07) is 1.45. The minimum Gasteiger partial charge on any atom is -0.469 e. The standard InChI is InChI=1S/C12H16F2N2O2/c1-18-12(17)8-2-4-9(5-3-8)16-7-6-10(15-16)11(13)14/h6-9,11H,2-5H2,1H3. The maximum absolute atomic E-state index is 12.4. The second kappa shape index (κ2) is 5.46. The number of halogens is 2. The molecular weight excluding hydrogens is 242 g/mol. The van der Waals surface area contributed by atoms with E-state index in [1.165, 1.54) is 13.2 Å². The summed E-state index contributed by atoms with van der Waals surface area (Å²) in [5, 5.41) is 3.87. The molecule has 0 saturated heterocycles. The van der Waals surface area contributed by atoms with E-state index in [1.807, 2.05) is 0 Å². The number of alkyl halides is 2. The van der Waals surface area contributed by atoms with Gasteiger partial charge in [-0.15, -0.1) is 0 Å². The van der Waals surface area contributed by atoms with Crippen molar-refractivity contribution in [3.8, 4) is 0 Å². The number of hydrogen-bond donors (Lipinski definition) is 0. The van der Waals surface area contributed by atoms with Gasteiger partial charge in [0.1, 0.15) is 5.69 Å². The first-order valence-corrected chi connectivity index (χ1v) is 6.03. The highest BCUT2D eigenvalue weighted by molar-refractivity contribution is 5.72. The van der Waals surface area contributed by atoms with E-state index in [1.54, 1.807) is 10.9 Å². The molecule has 0 bridgehead atoms. The van der Waals surface area contributed by atoms with Gasteiger partial charge in [0.25, 0.3) is 6.43 Å². The minimum absolute atomic E-state index is 0.0589. The van der Waals surface area contributed by atoms with Gasteiger partial charge in [0.05, 0.1) is 19.1 Å². The van der Waals surface area contributed by atoms with Gasteiger partial charge in [-0.1, -0.05) is 0 Å². The van der Waals surface area contributed by atoms with E-state index in [9.17, 15) is 13.6 Å². The van der Waals surface area contributed by atoms with Gasteiger partial charge < -0.3 is 4.74 Å². The second-order valence-electron chi connectivity index (χ2n) is 4.55. The Morgan fingerprint density at radius 1 is 1.44 bits per heavy atom. The molecule has 0 spiro atoms. The minimum atomic E-state index is -2.53. The Bertz CT molecular complexity index is 412. The number of rotatable bonds is 3. The molecule has 0 N–H and O–H groups in total. The van der Waals surface area contributed by atoms with Crippen molar-refractivity contribution >= 4 is 5.97 Å².